The SMILES string of the molecule is C=C(N)CCCC(C)=O.CC.CC.CCCC1=Cc2ccccc2C1. The predicted molar refractivity (Wildman–Crippen MR) is 114 cm³/mol. The second kappa shape index (κ2) is 17.0. The number of hydrogen-bond acceptors (Lipinski definition) is 2. The van der Waals surface area contributed by atoms with Gasteiger partial charge in [0.1, 0.15) is 5.78 Å². The van der Waals surface area contributed by atoms with Crippen LogP contribution in [0.2, 0.25) is 0 Å². The molecule has 2 rings (SSSR count). The molecule has 1 aliphatic rings. The molecule has 0 aromatic heterocycles. The Morgan fingerprint density at radius 1 is 1.12 bits per heavy atom. The van der Waals surface area contributed by atoms with Gasteiger partial charge in [0.05, 0.1) is 0 Å². The van der Waals surface area contributed by atoms with Gasteiger partial charge in [0.25, 0.3) is 0 Å². The van der Waals surface area contributed by atoms with Crippen molar-refractivity contribution in [3.05, 3.63) is 53.2 Å². The fourth-order valence-corrected chi connectivity index (χ4v) is 2.40. The number of carbonyl (C=O) groups is 1. The average Bonchev–Trinajstić information content (AvgIpc) is 3.01. The van der Waals surface area contributed by atoms with Gasteiger partial charge in [-0.3, -0.25) is 0 Å². The molecule has 2 heteroatoms. The number of benzene rings is 1. The zero-order valence-electron chi connectivity index (χ0n) is 17.3. The summed E-state index contributed by atoms with van der Waals surface area (Å²) in [5.41, 5.74) is 10.5. The van der Waals surface area contributed by atoms with Gasteiger partial charge in [0.2, 0.25) is 0 Å². The summed E-state index contributed by atoms with van der Waals surface area (Å²) in [6.07, 6.45) is 8.28. The van der Waals surface area contributed by atoms with Gasteiger partial charge >= 0.3 is 0 Å². The van der Waals surface area contributed by atoms with E-state index >= 15 is 0 Å². The van der Waals surface area contributed by atoms with Crippen LogP contribution in [0, 0.1) is 0 Å². The average molecular weight is 346 g/mol. The first-order chi connectivity index (χ1) is 12.0. The molecule has 25 heavy (non-hydrogen) atoms. The molecule has 0 saturated heterocycles. The second-order valence-electron chi connectivity index (χ2n) is 5.64. The molecule has 0 radical (unpaired) electrons. The molecule has 0 amide bonds. The van der Waals surface area contributed by atoms with Gasteiger partial charge in [-0.15, -0.1) is 0 Å². The van der Waals surface area contributed by atoms with E-state index in [2.05, 4.69) is 43.8 Å². The molecule has 0 aliphatic heterocycles. The van der Waals surface area contributed by atoms with Crippen molar-refractivity contribution in [3.63, 3.8) is 0 Å². The molecular formula is C23H39NO. The number of fused-ring (bicyclic) bond motifs is 1. The topological polar surface area (TPSA) is 43.1 Å². The van der Waals surface area contributed by atoms with Crippen LogP contribution < -0.4 is 5.73 Å². The minimum atomic E-state index is 0.219. The summed E-state index contributed by atoms with van der Waals surface area (Å²) in [4.78, 5) is 10.4. The van der Waals surface area contributed by atoms with Crippen LogP contribution in [-0.4, -0.2) is 5.78 Å². The first-order valence-electron chi connectivity index (χ1n) is 9.73. The van der Waals surface area contributed by atoms with Gasteiger partial charge in [-0.1, -0.05) is 83.5 Å². The summed E-state index contributed by atoms with van der Waals surface area (Å²) >= 11 is 0. The van der Waals surface area contributed by atoms with E-state index in [-0.39, 0.29) is 5.78 Å². The number of Topliss-reactive ketones (excluding diaryl/α,β-unsaturated/α-hetero) is 1. The van der Waals surface area contributed by atoms with E-state index in [4.69, 9.17) is 5.73 Å². The summed E-state index contributed by atoms with van der Waals surface area (Å²) in [5, 5.41) is 0. The lowest BCUT2D eigenvalue weighted by atomic mass is 10.1. The molecule has 2 N–H and O–H groups in total. The van der Waals surface area contributed by atoms with Crippen LogP contribution in [-0.2, 0) is 11.2 Å². The number of ketones is 1. The van der Waals surface area contributed by atoms with Crippen LogP contribution in [0.5, 0.6) is 0 Å². The quantitative estimate of drug-likeness (QED) is 0.623. The van der Waals surface area contributed by atoms with Crippen molar-refractivity contribution in [3.8, 4) is 0 Å². The monoisotopic (exact) mass is 345 g/mol. The van der Waals surface area contributed by atoms with Gasteiger partial charge in [0, 0.05) is 12.1 Å². The maximum atomic E-state index is 10.4. The largest absolute Gasteiger partial charge is 0.403 e. The van der Waals surface area contributed by atoms with Gasteiger partial charge < -0.3 is 10.5 Å². The Morgan fingerprint density at radius 2 is 1.72 bits per heavy atom. The van der Waals surface area contributed by atoms with E-state index in [1.54, 1.807) is 12.5 Å². The van der Waals surface area contributed by atoms with Crippen molar-refractivity contribution in [2.24, 2.45) is 5.73 Å². The van der Waals surface area contributed by atoms with Crippen molar-refractivity contribution in [2.45, 2.75) is 80.1 Å². The van der Waals surface area contributed by atoms with Crippen molar-refractivity contribution >= 4 is 11.9 Å². The maximum absolute atomic E-state index is 10.4. The fourth-order valence-electron chi connectivity index (χ4n) is 2.40. The summed E-state index contributed by atoms with van der Waals surface area (Å²) < 4.78 is 0. The molecule has 1 aromatic carbocycles. The van der Waals surface area contributed by atoms with E-state index in [0.717, 1.165) is 12.8 Å². The molecule has 2 nitrogen and oxygen atoms in total. The Hall–Kier alpha value is -1.83. The van der Waals surface area contributed by atoms with Crippen molar-refractivity contribution < 1.29 is 4.79 Å². The zero-order chi connectivity index (χ0) is 19.7. The molecule has 0 saturated carbocycles. The third kappa shape index (κ3) is 13.2. The number of nitrogens with two attached hydrogens (primary N) is 1. The minimum Gasteiger partial charge on any atom is -0.403 e. The smallest absolute Gasteiger partial charge is 0.129 e. The van der Waals surface area contributed by atoms with E-state index in [1.165, 1.54) is 30.4 Å². The van der Waals surface area contributed by atoms with E-state index in [0.29, 0.717) is 12.1 Å². The van der Waals surface area contributed by atoms with Gasteiger partial charge in [-0.2, -0.15) is 0 Å². The van der Waals surface area contributed by atoms with Crippen molar-refractivity contribution in [2.75, 3.05) is 0 Å². The molecular weight excluding hydrogens is 306 g/mol. The Morgan fingerprint density at radius 3 is 2.20 bits per heavy atom. The van der Waals surface area contributed by atoms with Gasteiger partial charge in [-0.25, -0.2) is 0 Å². The van der Waals surface area contributed by atoms with Crippen LogP contribution in [0.3, 0.4) is 0 Å². The normalized spacial score (nSPS) is 10.6. The van der Waals surface area contributed by atoms with E-state index in [9.17, 15) is 4.79 Å². The lowest BCUT2D eigenvalue weighted by Crippen LogP contribution is -1.96. The number of allylic oxidation sites excluding steroid dienone is 2. The Balaban J connectivity index is 0. The number of carbonyl (C=O) groups excluding carboxylic acids is 1. The number of rotatable bonds is 6. The summed E-state index contributed by atoms with van der Waals surface area (Å²) in [6, 6.07) is 8.68. The van der Waals surface area contributed by atoms with Crippen LogP contribution >= 0.6 is 0 Å². The van der Waals surface area contributed by atoms with Gasteiger partial charge in [-0.05, 0) is 43.7 Å². The summed E-state index contributed by atoms with van der Waals surface area (Å²) in [5.74, 6) is 0.219. The second-order valence-corrected chi connectivity index (χ2v) is 5.64. The van der Waals surface area contributed by atoms with Crippen LogP contribution in [0.15, 0.2) is 42.1 Å². The zero-order valence-corrected chi connectivity index (χ0v) is 17.3. The third-order valence-electron chi connectivity index (χ3n) is 3.43. The Bertz CT molecular complexity index is 501. The molecule has 0 spiro atoms. The molecule has 0 bridgehead atoms. The Labute approximate surface area is 156 Å². The molecule has 0 unspecified atom stereocenters. The van der Waals surface area contributed by atoms with Crippen molar-refractivity contribution in [1.82, 2.24) is 0 Å². The third-order valence-corrected chi connectivity index (χ3v) is 3.43. The highest BCUT2D eigenvalue weighted by Gasteiger charge is 2.09. The summed E-state index contributed by atoms with van der Waals surface area (Å²) in [7, 11) is 0. The first-order valence-corrected chi connectivity index (χ1v) is 9.73. The van der Waals surface area contributed by atoms with Crippen LogP contribution in [0.1, 0.15) is 84.8 Å². The lowest BCUT2D eigenvalue weighted by Gasteiger charge is -1.97. The molecule has 1 aliphatic carbocycles. The Kier molecular flexibility index (Phi) is 17.3. The van der Waals surface area contributed by atoms with E-state index < -0.39 is 0 Å². The van der Waals surface area contributed by atoms with Crippen LogP contribution in [0.4, 0.5) is 0 Å². The maximum Gasteiger partial charge on any atom is 0.129 e. The van der Waals surface area contributed by atoms with Crippen LogP contribution in [0.25, 0.3) is 6.08 Å². The number of hydrogen-bond donors (Lipinski definition) is 1. The first kappa shape index (κ1) is 25.4. The fraction of sp³-hybridized carbons (Fsp3) is 0.522. The lowest BCUT2D eigenvalue weighted by molar-refractivity contribution is -0.117. The summed E-state index contributed by atoms with van der Waals surface area (Å²) in [6.45, 7) is 15.3. The van der Waals surface area contributed by atoms with Crippen molar-refractivity contribution in [1.29, 1.82) is 0 Å². The molecule has 1 aromatic rings. The highest BCUT2D eigenvalue weighted by atomic mass is 16.1. The molecule has 0 fully saturated rings. The highest BCUT2D eigenvalue weighted by molar-refractivity contribution is 5.75. The minimum absolute atomic E-state index is 0.219. The molecule has 0 atom stereocenters. The standard InChI is InChI=1S/C12H14.C7H13NO.2C2H6/c1-2-5-10-8-11-6-3-4-7-12(11)9-10;1-6(8)4-3-5-7(2)9;2*1-2/h3-4,6-8H,2,5,9H2,1H3;1,3-5,8H2,2H3;2*1-2H3. The molecule has 142 valence electrons. The van der Waals surface area contributed by atoms with E-state index in [1.807, 2.05) is 27.7 Å². The highest BCUT2D eigenvalue weighted by Crippen LogP contribution is 2.26. The van der Waals surface area contributed by atoms with Gasteiger partial charge in [0.15, 0.2) is 0 Å². The predicted octanol–water partition coefficient (Wildman–Crippen LogP) is 6.70. The molecule has 0 heterocycles.